The molecule has 2 aliphatic heterocycles. The Kier molecular flexibility index (Phi) is 3.65. The second-order valence-electron chi connectivity index (χ2n) is 5.43. The first kappa shape index (κ1) is 11.4. The van der Waals surface area contributed by atoms with Crippen molar-refractivity contribution < 1.29 is 5.11 Å². The molecule has 0 spiro atoms. The number of rotatable bonds is 4. The molecule has 0 bridgehead atoms. The number of aliphatic hydroxyl groups is 1. The van der Waals surface area contributed by atoms with E-state index in [4.69, 9.17) is 0 Å². The average Bonchev–Trinajstić information content (AvgIpc) is 2.76. The maximum absolute atomic E-state index is 9.82. The molecule has 0 amide bonds. The summed E-state index contributed by atoms with van der Waals surface area (Å²) in [4.78, 5) is 4.96. The van der Waals surface area contributed by atoms with E-state index in [1.54, 1.807) is 0 Å². The summed E-state index contributed by atoms with van der Waals surface area (Å²) >= 11 is 0. The second kappa shape index (κ2) is 4.81. The average molecular weight is 212 g/mol. The van der Waals surface area contributed by atoms with Crippen molar-refractivity contribution in [1.29, 1.82) is 0 Å². The van der Waals surface area contributed by atoms with Gasteiger partial charge in [0.1, 0.15) is 0 Å². The van der Waals surface area contributed by atoms with Crippen molar-refractivity contribution in [3.05, 3.63) is 0 Å². The van der Waals surface area contributed by atoms with Gasteiger partial charge in [0.15, 0.2) is 0 Å². The molecule has 2 fully saturated rings. The number of likely N-dealkylation sites (tertiary alicyclic amines) is 2. The fourth-order valence-corrected chi connectivity index (χ4v) is 2.75. The van der Waals surface area contributed by atoms with E-state index >= 15 is 0 Å². The van der Waals surface area contributed by atoms with E-state index in [1.807, 2.05) is 6.92 Å². The van der Waals surface area contributed by atoms with Crippen LogP contribution in [0.1, 0.15) is 32.6 Å². The van der Waals surface area contributed by atoms with Crippen LogP contribution in [-0.2, 0) is 0 Å². The Morgan fingerprint density at radius 2 is 1.73 bits per heavy atom. The lowest BCUT2D eigenvalue weighted by atomic mass is 10.1. The van der Waals surface area contributed by atoms with Crippen molar-refractivity contribution in [2.45, 2.75) is 38.2 Å². The molecule has 0 aromatic rings. The Hall–Kier alpha value is -0.120. The third-order valence-electron chi connectivity index (χ3n) is 3.68. The molecule has 1 N–H and O–H groups in total. The van der Waals surface area contributed by atoms with E-state index < -0.39 is 5.60 Å². The maximum atomic E-state index is 9.82. The van der Waals surface area contributed by atoms with Gasteiger partial charge < -0.3 is 14.9 Å². The zero-order valence-corrected chi connectivity index (χ0v) is 9.91. The number of nitrogens with zero attached hydrogens (tertiary/aromatic N) is 2. The van der Waals surface area contributed by atoms with Crippen molar-refractivity contribution in [3.8, 4) is 0 Å². The van der Waals surface area contributed by atoms with Gasteiger partial charge in [-0.3, -0.25) is 0 Å². The Labute approximate surface area is 93.1 Å². The number of hydrogen-bond donors (Lipinski definition) is 1. The van der Waals surface area contributed by atoms with Gasteiger partial charge in [0.25, 0.3) is 0 Å². The third kappa shape index (κ3) is 3.44. The van der Waals surface area contributed by atoms with Crippen LogP contribution in [0.2, 0.25) is 0 Å². The quantitative estimate of drug-likeness (QED) is 0.751. The van der Waals surface area contributed by atoms with Crippen LogP contribution in [0.3, 0.4) is 0 Å². The molecule has 2 rings (SSSR count). The van der Waals surface area contributed by atoms with Crippen LogP contribution in [0.15, 0.2) is 0 Å². The van der Waals surface area contributed by atoms with Crippen LogP contribution in [0, 0.1) is 0 Å². The highest BCUT2D eigenvalue weighted by atomic mass is 16.3. The Morgan fingerprint density at radius 3 is 2.33 bits per heavy atom. The molecule has 3 nitrogen and oxygen atoms in total. The molecule has 2 heterocycles. The van der Waals surface area contributed by atoms with Crippen LogP contribution in [-0.4, -0.2) is 59.8 Å². The van der Waals surface area contributed by atoms with Crippen LogP contribution in [0.25, 0.3) is 0 Å². The van der Waals surface area contributed by atoms with E-state index in [-0.39, 0.29) is 0 Å². The molecule has 0 aromatic carbocycles. The lowest BCUT2D eigenvalue weighted by Gasteiger charge is -2.20. The molecule has 1 unspecified atom stereocenters. The Balaban J connectivity index is 1.58. The van der Waals surface area contributed by atoms with Crippen molar-refractivity contribution in [2.24, 2.45) is 0 Å². The predicted octanol–water partition coefficient (Wildman–Crippen LogP) is 0.929. The molecule has 3 heteroatoms. The molecule has 0 radical (unpaired) electrons. The highest BCUT2D eigenvalue weighted by Crippen LogP contribution is 2.20. The number of hydrogen-bond acceptors (Lipinski definition) is 3. The monoisotopic (exact) mass is 212 g/mol. The van der Waals surface area contributed by atoms with Gasteiger partial charge in [-0.15, -0.1) is 0 Å². The highest BCUT2D eigenvalue weighted by molar-refractivity contribution is 4.85. The summed E-state index contributed by atoms with van der Waals surface area (Å²) in [6.07, 6.45) is 4.98. The predicted molar refractivity (Wildman–Crippen MR) is 62.0 cm³/mol. The van der Waals surface area contributed by atoms with Gasteiger partial charge in [-0.25, -0.2) is 0 Å². The Morgan fingerprint density at radius 1 is 1.07 bits per heavy atom. The summed E-state index contributed by atoms with van der Waals surface area (Å²) in [5.41, 5.74) is -0.423. The van der Waals surface area contributed by atoms with Crippen LogP contribution < -0.4 is 0 Å². The topological polar surface area (TPSA) is 26.7 Å². The minimum Gasteiger partial charge on any atom is -0.389 e. The molecule has 0 saturated carbocycles. The molecular weight excluding hydrogens is 188 g/mol. The van der Waals surface area contributed by atoms with Crippen LogP contribution in [0.4, 0.5) is 0 Å². The first-order chi connectivity index (χ1) is 7.16. The highest BCUT2D eigenvalue weighted by Gasteiger charge is 2.30. The first-order valence-electron chi connectivity index (χ1n) is 6.33. The van der Waals surface area contributed by atoms with E-state index in [0.29, 0.717) is 0 Å². The normalized spacial score (nSPS) is 34.0. The molecule has 0 aliphatic carbocycles. The van der Waals surface area contributed by atoms with E-state index in [9.17, 15) is 5.11 Å². The van der Waals surface area contributed by atoms with Gasteiger partial charge in [-0.2, -0.15) is 0 Å². The summed E-state index contributed by atoms with van der Waals surface area (Å²) in [6.45, 7) is 8.91. The van der Waals surface area contributed by atoms with Crippen molar-refractivity contribution in [3.63, 3.8) is 0 Å². The van der Waals surface area contributed by atoms with E-state index in [2.05, 4.69) is 9.80 Å². The SMILES string of the molecule is CC1(O)CCN(CCCN2CCCC2)C1. The zero-order valence-electron chi connectivity index (χ0n) is 9.91. The number of β-amino-alcohol motifs (C(OH)–C–C–N with tert-alkyl or cyclic N) is 1. The molecule has 88 valence electrons. The largest absolute Gasteiger partial charge is 0.389 e. The van der Waals surface area contributed by atoms with E-state index in [1.165, 1.54) is 38.9 Å². The third-order valence-corrected chi connectivity index (χ3v) is 3.68. The lowest BCUT2D eigenvalue weighted by Crippen LogP contribution is -2.31. The lowest BCUT2D eigenvalue weighted by molar-refractivity contribution is 0.0683. The summed E-state index contributed by atoms with van der Waals surface area (Å²) < 4.78 is 0. The molecule has 2 aliphatic rings. The molecule has 0 aromatic heterocycles. The van der Waals surface area contributed by atoms with Crippen LogP contribution >= 0.6 is 0 Å². The minimum atomic E-state index is -0.423. The fraction of sp³-hybridized carbons (Fsp3) is 1.00. The van der Waals surface area contributed by atoms with Gasteiger partial charge in [0, 0.05) is 13.1 Å². The summed E-state index contributed by atoms with van der Waals surface area (Å²) in [5, 5.41) is 9.82. The van der Waals surface area contributed by atoms with Gasteiger partial charge in [-0.05, 0) is 58.8 Å². The summed E-state index contributed by atoms with van der Waals surface area (Å²) in [5.74, 6) is 0. The fourth-order valence-electron chi connectivity index (χ4n) is 2.75. The molecule has 2 saturated heterocycles. The van der Waals surface area contributed by atoms with Gasteiger partial charge in [-0.1, -0.05) is 0 Å². The van der Waals surface area contributed by atoms with Gasteiger partial charge >= 0.3 is 0 Å². The second-order valence-corrected chi connectivity index (χ2v) is 5.43. The molecular formula is C12H24N2O. The van der Waals surface area contributed by atoms with Crippen LogP contribution in [0.5, 0.6) is 0 Å². The maximum Gasteiger partial charge on any atom is 0.0758 e. The smallest absolute Gasteiger partial charge is 0.0758 e. The van der Waals surface area contributed by atoms with E-state index in [0.717, 1.165) is 26.1 Å². The molecule has 1 atom stereocenters. The van der Waals surface area contributed by atoms with Crippen molar-refractivity contribution in [2.75, 3.05) is 39.3 Å². The standard InChI is InChI=1S/C12H24N2O/c1-12(15)5-10-14(11-12)9-4-8-13-6-2-3-7-13/h15H,2-11H2,1H3. The summed E-state index contributed by atoms with van der Waals surface area (Å²) in [6, 6.07) is 0. The van der Waals surface area contributed by atoms with Gasteiger partial charge in [0.2, 0.25) is 0 Å². The molecule has 15 heavy (non-hydrogen) atoms. The van der Waals surface area contributed by atoms with Gasteiger partial charge in [0.05, 0.1) is 5.60 Å². The Bertz CT molecular complexity index is 200. The van der Waals surface area contributed by atoms with Crippen molar-refractivity contribution in [1.82, 2.24) is 9.80 Å². The zero-order chi connectivity index (χ0) is 10.7. The van der Waals surface area contributed by atoms with Crippen molar-refractivity contribution >= 4 is 0 Å². The minimum absolute atomic E-state index is 0.423. The summed E-state index contributed by atoms with van der Waals surface area (Å²) in [7, 11) is 0. The first-order valence-corrected chi connectivity index (χ1v) is 6.33.